The summed E-state index contributed by atoms with van der Waals surface area (Å²) in [6.07, 6.45) is 0. The van der Waals surface area contributed by atoms with Gasteiger partial charge in [0, 0.05) is 5.56 Å². The second-order valence-electron chi connectivity index (χ2n) is 4.75. The number of nitrogens with one attached hydrogen (secondary N) is 1. The lowest BCUT2D eigenvalue weighted by Gasteiger charge is -2.13. The van der Waals surface area contributed by atoms with Crippen molar-refractivity contribution in [2.75, 3.05) is 19.0 Å². The number of methoxy groups -OCH3 is 1. The van der Waals surface area contributed by atoms with Crippen LogP contribution in [0.25, 0.3) is 0 Å². The number of halogens is 3. The number of hydrogen-bond acceptors (Lipinski definition) is 4. The molecule has 134 valence electrons. The summed E-state index contributed by atoms with van der Waals surface area (Å²) in [5.74, 6) is -2.20. The van der Waals surface area contributed by atoms with Gasteiger partial charge in [-0.1, -0.05) is 29.4 Å². The summed E-state index contributed by atoms with van der Waals surface area (Å²) in [4.78, 5) is 12.6. The van der Waals surface area contributed by atoms with Crippen LogP contribution in [0.2, 0.25) is 5.02 Å². The molecule has 0 spiro atoms. The predicted octanol–water partition coefficient (Wildman–Crippen LogP) is 5.31. The third-order valence-electron chi connectivity index (χ3n) is 3.15. The smallest absolute Gasteiger partial charge is 0.289 e. The quantitative estimate of drug-likeness (QED) is 0.653. The van der Waals surface area contributed by atoms with E-state index in [9.17, 15) is 13.6 Å². The van der Waals surface area contributed by atoms with Crippen LogP contribution in [0.15, 0.2) is 41.3 Å². The van der Waals surface area contributed by atoms with E-state index in [1.807, 2.05) is 6.92 Å². The van der Waals surface area contributed by atoms with Gasteiger partial charge in [-0.15, -0.1) is 0 Å². The van der Waals surface area contributed by atoms with Crippen LogP contribution in [-0.2, 0) is 0 Å². The van der Waals surface area contributed by atoms with E-state index < -0.39 is 11.7 Å². The molecule has 2 rings (SSSR count). The Hall–Kier alpha value is -1.99. The number of carbonyl (C=O) groups is 1. The highest BCUT2D eigenvalue weighted by Crippen LogP contribution is 2.38. The zero-order chi connectivity index (χ0) is 18.4. The molecule has 0 heterocycles. The molecule has 0 aliphatic rings. The lowest BCUT2D eigenvalue weighted by molar-refractivity contribution is 0.102. The molecule has 8 heteroatoms. The number of amides is 1. The number of carbonyl (C=O) groups excluding carboxylic acids is 1. The highest BCUT2D eigenvalue weighted by atomic mass is 35.5. The van der Waals surface area contributed by atoms with Crippen molar-refractivity contribution in [3.05, 3.63) is 47.0 Å². The van der Waals surface area contributed by atoms with Gasteiger partial charge in [-0.2, -0.15) is 8.78 Å². The lowest BCUT2D eigenvalue weighted by Crippen LogP contribution is -2.13. The lowest BCUT2D eigenvalue weighted by atomic mass is 10.2. The first-order valence-electron chi connectivity index (χ1n) is 7.31. The maximum atomic E-state index is 12.7. The SMILES string of the molecule is CCOc1cc(C(=O)Nc2cccc(Cl)c2SC(F)F)ccc1OC. The maximum Gasteiger partial charge on any atom is 0.289 e. The van der Waals surface area contributed by atoms with Gasteiger partial charge in [0.15, 0.2) is 11.5 Å². The summed E-state index contributed by atoms with van der Waals surface area (Å²) in [6.45, 7) is 2.22. The molecule has 0 aliphatic heterocycles. The molecule has 25 heavy (non-hydrogen) atoms. The van der Waals surface area contributed by atoms with Gasteiger partial charge in [-0.3, -0.25) is 4.79 Å². The van der Waals surface area contributed by atoms with E-state index in [-0.39, 0.29) is 27.4 Å². The average Bonchev–Trinajstić information content (AvgIpc) is 2.58. The molecule has 0 saturated heterocycles. The monoisotopic (exact) mass is 387 g/mol. The average molecular weight is 388 g/mol. The van der Waals surface area contributed by atoms with E-state index in [4.69, 9.17) is 21.1 Å². The van der Waals surface area contributed by atoms with Gasteiger partial charge in [0.05, 0.1) is 29.3 Å². The van der Waals surface area contributed by atoms with Gasteiger partial charge in [0.25, 0.3) is 11.7 Å². The van der Waals surface area contributed by atoms with E-state index >= 15 is 0 Å². The Morgan fingerprint density at radius 1 is 1.28 bits per heavy atom. The van der Waals surface area contributed by atoms with Crippen LogP contribution in [0.4, 0.5) is 14.5 Å². The first-order chi connectivity index (χ1) is 12.0. The Bertz CT molecular complexity index is 759. The number of hydrogen-bond donors (Lipinski definition) is 1. The summed E-state index contributed by atoms with van der Waals surface area (Å²) in [6, 6.07) is 9.27. The Labute approximate surface area is 153 Å². The molecule has 0 fully saturated rings. The summed E-state index contributed by atoms with van der Waals surface area (Å²) in [5, 5.41) is 2.75. The molecule has 0 radical (unpaired) electrons. The predicted molar refractivity (Wildman–Crippen MR) is 95.4 cm³/mol. The molecule has 0 saturated carbocycles. The fraction of sp³-hybridized carbons (Fsp3) is 0.235. The third kappa shape index (κ3) is 4.99. The van der Waals surface area contributed by atoms with Crippen molar-refractivity contribution in [2.24, 2.45) is 0 Å². The number of alkyl halides is 2. The zero-order valence-corrected chi connectivity index (χ0v) is 15.1. The number of anilines is 1. The summed E-state index contributed by atoms with van der Waals surface area (Å²) >= 11 is 6.25. The number of benzene rings is 2. The van der Waals surface area contributed by atoms with E-state index in [2.05, 4.69) is 5.32 Å². The van der Waals surface area contributed by atoms with Crippen molar-refractivity contribution >= 4 is 35.0 Å². The Morgan fingerprint density at radius 3 is 2.68 bits per heavy atom. The van der Waals surface area contributed by atoms with Crippen molar-refractivity contribution in [3.63, 3.8) is 0 Å². The highest BCUT2D eigenvalue weighted by Gasteiger charge is 2.17. The van der Waals surface area contributed by atoms with Crippen molar-refractivity contribution in [1.29, 1.82) is 0 Å². The number of rotatable bonds is 7. The summed E-state index contributed by atoms with van der Waals surface area (Å²) in [5.41, 5.74) is 0.522. The Kier molecular flexibility index (Phi) is 6.90. The highest BCUT2D eigenvalue weighted by molar-refractivity contribution is 7.99. The van der Waals surface area contributed by atoms with E-state index in [1.165, 1.54) is 25.3 Å². The second-order valence-corrected chi connectivity index (χ2v) is 6.16. The molecule has 2 aromatic rings. The fourth-order valence-electron chi connectivity index (χ4n) is 2.10. The van der Waals surface area contributed by atoms with E-state index in [1.54, 1.807) is 18.2 Å². The van der Waals surface area contributed by atoms with Crippen LogP contribution >= 0.6 is 23.4 Å². The summed E-state index contributed by atoms with van der Waals surface area (Å²) < 4.78 is 36.1. The van der Waals surface area contributed by atoms with Gasteiger partial charge in [0.2, 0.25) is 0 Å². The summed E-state index contributed by atoms with van der Waals surface area (Å²) in [7, 11) is 1.50. The second kappa shape index (κ2) is 8.92. The molecule has 1 amide bonds. The van der Waals surface area contributed by atoms with Crippen LogP contribution in [0.1, 0.15) is 17.3 Å². The van der Waals surface area contributed by atoms with Crippen molar-refractivity contribution in [2.45, 2.75) is 17.6 Å². The third-order valence-corrected chi connectivity index (χ3v) is 4.43. The molecule has 0 bridgehead atoms. The molecule has 0 unspecified atom stereocenters. The van der Waals surface area contributed by atoms with Crippen LogP contribution in [0, 0.1) is 0 Å². The van der Waals surface area contributed by atoms with Gasteiger partial charge < -0.3 is 14.8 Å². The molecule has 0 aliphatic carbocycles. The molecular weight excluding hydrogens is 372 g/mol. The first kappa shape index (κ1) is 19.3. The minimum Gasteiger partial charge on any atom is -0.493 e. The van der Waals surface area contributed by atoms with Crippen LogP contribution in [0.5, 0.6) is 11.5 Å². The largest absolute Gasteiger partial charge is 0.493 e. The van der Waals surface area contributed by atoms with Crippen LogP contribution < -0.4 is 14.8 Å². The van der Waals surface area contributed by atoms with Crippen molar-refractivity contribution in [3.8, 4) is 11.5 Å². The molecule has 0 atom stereocenters. The van der Waals surface area contributed by atoms with Gasteiger partial charge >= 0.3 is 0 Å². The number of ether oxygens (including phenoxy) is 2. The molecule has 0 aromatic heterocycles. The van der Waals surface area contributed by atoms with E-state index in [0.717, 1.165) is 0 Å². The molecule has 1 N–H and O–H groups in total. The zero-order valence-electron chi connectivity index (χ0n) is 13.5. The minimum absolute atomic E-state index is 0.117. The molecular formula is C17H16ClF2NO3S. The van der Waals surface area contributed by atoms with Crippen molar-refractivity contribution < 1.29 is 23.0 Å². The van der Waals surface area contributed by atoms with Crippen LogP contribution in [-0.4, -0.2) is 25.4 Å². The van der Waals surface area contributed by atoms with Crippen LogP contribution in [0.3, 0.4) is 0 Å². The fourth-order valence-corrected chi connectivity index (χ4v) is 3.01. The standard InChI is InChI=1S/C17H16ClF2NO3S/c1-3-24-14-9-10(7-8-13(14)23-2)16(22)21-12-6-4-5-11(18)15(12)25-17(19)20/h4-9,17H,3H2,1-2H3,(H,21,22). The minimum atomic E-state index is -2.65. The molecule has 4 nitrogen and oxygen atoms in total. The first-order valence-corrected chi connectivity index (χ1v) is 8.57. The topological polar surface area (TPSA) is 47.6 Å². The van der Waals surface area contributed by atoms with Gasteiger partial charge in [0.1, 0.15) is 0 Å². The normalized spacial score (nSPS) is 10.6. The van der Waals surface area contributed by atoms with Gasteiger partial charge in [-0.05, 0) is 37.3 Å². The molecule has 2 aromatic carbocycles. The van der Waals surface area contributed by atoms with E-state index in [0.29, 0.717) is 23.7 Å². The Balaban J connectivity index is 2.28. The van der Waals surface area contributed by atoms with Crippen molar-refractivity contribution in [1.82, 2.24) is 0 Å². The number of thioether (sulfide) groups is 1. The Morgan fingerprint density at radius 2 is 2.04 bits per heavy atom. The maximum absolute atomic E-state index is 12.7. The van der Waals surface area contributed by atoms with Gasteiger partial charge in [-0.25, -0.2) is 0 Å².